The normalized spacial score (nSPS) is 14.4. The number of aliphatic carboxylic acids is 1. The first-order valence-corrected chi connectivity index (χ1v) is 7.27. The fraction of sp³-hybridized carbons (Fsp3) is 0.429. The third kappa shape index (κ3) is 3.30. The Kier molecular flexibility index (Phi) is 4.50. The van der Waals surface area contributed by atoms with Crippen LogP contribution in [0.5, 0.6) is 0 Å². The van der Waals surface area contributed by atoms with Gasteiger partial charge >= 0.3 is 5.97 Å². The van der Waals surface area contributed by atoms with Gasteiger partial charge in [-0.25, -0.2) is 4.98 Å². The molecule has 0 bridgehead atoms. The number of carboxylic acid groups (broad SMARTS) is 1. The van der Waals surface area contributed by atoms with Crippen LogP contribution in [-0.2, 0) is 4.79 Å². The van der Waals surface area contributed by atoms with Crippen LogP contribution in [0, 0.1) is 0 Å². The summed E-state index contributed by atoms with van der Waals surface area (Å²) in [4.78, 5) is 15.7. The zero-order valence-electron chi connectivity index (χ0n) is 11.1. The number of carboxylic acids is 1. The van der Waals surface area contributed by atoms with Gasteiger partial charge < -0.3 is 5.11 Å². The van der Waals surface area contributed by atoms with Crippen LogP contribution < -0.4 is 5.32 Å². The summed E-state index contributed by atoms with van der Waals surface area (Å²) in [7, 11) is 0. The number of aromatic nitrogens is 1. The molecule has 0 aliphatic carbocycles. The number of carbonyl (C=O) groups is 1. The number of hydrogen-bond acceptors (Lipinski definition) is 4. The summed E-state index contributed by atoms with van der Waals surface area (Å²) >= 11 is 1.61. The Balaban J connectivity index is 2.14. The molecule has 0 aliphatic heterocycles. The molecule has 19 heavy (non-hydrogen) atoms. The van der Waals surface area contributed by atoms with E-state index in [2.05, 4.69) is 10.3 Å². The van der Waals surface area contributed by atoms with Crippen LogP contribution in [0.3, 0.4) is 0 Å². The topological polar surface area (TPSA) is 62.2 Å². The third-order valence-electron chi connectivity index (χ3n) is 3.01. The molecule has 0 saturated carbocycles. The smallest absolute Gasteiger partial charge is 0.320 e. The highest BCUT2D eigenvalue weighted by molar-refractivity contribution is 7.18. The number of rotatable bonds is 6. The molecule has 2 rings (SSSR count). The van der Waals surface area contributed by atoms with Crippen molar-refractivity contribution in [1.29, 1.82) is 0 Å². The third-order valence-corrected chi connectivity index (χ3v) is 4.23. The number of nitrogens with one attached hydrogen (secondary N) is 1. The fourth-order valence-corrected chi connectivity index (χ4v) is 2.99. The Labute approximate surface area is 116 Å². The SMILES string of the molecule is CCCC(NC(C)c1nc2ccccc2s1)C(=O)O. The number of fused-ring (bicyclic) bond motifs is 1. The molecule has 0 fully saturated rings. The Morgan fingerprint density at radius 2 is 2.21 bits per heavy atom. The van der Waals surface area contributed by atoms with Crippen LogP contribution in [0.1, 0.15) is 37.7 Å². The van der Waals surface area contributed by atoms with Gasteiger partial charge in [-0.1, -0.05) is 25.5 Å². The zero-order chi connectivity index (χ0) is 13.8. The van der Waals surface area contributed by atoms with E-state index in [-0.39, 0.29) is 6.04 Å². The summed E-state index contributed by atoms with van der Waals surface area (Å²) in [5.74, 6) is -0.796. The van der Waals surface area contributed by atoms with Crippen molar-refractivity contribution in [3.8, 4) is 0 Å². The van der Waals surface area contributed by atoms with Gasteiger partial charge in [0.15, 0.2) is 0 Å². The highest BCUT2D eigenvalue weighted by Crippen LogP contribution is 2.26. The van der Waals surface area contributed by atoms with E-state index in [4.69, 9.17) is 5.11 Å². The van der Waals surface area contributed by atoms with Gasteiger partial charge in [0.1, 0.15) is 11.0 Å². The van der Waals surface area contributed by atoms with Crippen molar-refractivity contribution in [2.75, 3.05) is 0 Å². The highest BCUT2D eigenvalue weighted by atomic mass is 32.1. The van der Waals surface area contributed by atoms with Gasteiger partial charge in [0.25, 0.3) is 0 Å². The Hall–Kier alpha value is -1.46. The molecule has 0 radical (unpaired) electrons. The zero-order valence-corrected chi connectivity index (χ0v) is 11.9. The van der Waals surface area contributed by atoms with E-state index in [9.17, 15) is 4.79 Å². The molecule has 2 atom stereocenters. The van der Waals surface area contributed by atoms with Crippen LogP contribution in [0.15, 0.2) is 24.3 Å². The van der Waals surface area contributed by atoms with Crippen molar-refractivity contribution < 1.29 is 9.90 Å². The van der Waals surface area contributed by atoms with Gasteiger partial charge in [-0.05, 0) is 25.5 Å². The van der Waals surface area contributed by atoms with Gasteiger partial charge in [-0.15, -0.1) is 11.3 Å². The maximum absolute atomic E-state index is 11.1. The van der Waals surface area contributed by atoms with Crippen molar-refractivity contribution in [1.82, 2.24) is 10.3 Å². The van der Waals surface area contributed by atoms with Crippen molar-refractivity contribution in [2.45, 2.75) is 38.8 Å². The molecular weight excluding hydrogens is 260 g/mol. The van der Waals surface area contributed by atoms with E-state index < -0.39 is 12.0 Å². The number of para-hydroxylation sites is 1. The summed E-state index contributed by atoms with van der Waals surface area (Å²) in [6.07, 6.45) is 1.47. The number of nitrogens with zero attached hydrogens (tertiary/aromatic N) is 1. The van der Waals surface area contributed by atoms with Gasteiger partial charge in [0.2, 0.25) is 0 Å². The maximum Gasteiger partial charge on any atom is 0.320 e. The van der Waals surface area contributed by atoms with Crippen molar-refractivity contribution in [3.05, 3.63) is 29.3 Å². The second-order valence-corrected chi connectivity index (χ2v) is 5.65. The summed E-state index contributed by atoms with van der Waals surface area (Å²) in [5, 5.41) is 13.2. The molecular formula is C14H18N2O2S. The summed E-state index contributed by atoms with van der Waals surface area (Å²) in [6, 6.07) is 7.39. The van der Waals surface area contributed by atoms with Gasteiger partial charge in [-0.2, -0.15) is 0 Å². The standard InChI is InChI=1S/C14H18N2O2S/c1-3-6-11(14(17)18)15-9(2)13-16-10-7-4-5-8-12(10)19-13/h4-5,7-9,11,15H,3,6H2,1-2H3,(H,17,18). The monoisotopic (exact) mass is 278 g/mol. The van der Waals surface area contributed by atoms with Gasteiger partial charge in [0.05, 0.1) is 16.3 Å². The molecule has 2 aromatic rings. The second-order valence-electron chi connectivity index (χ2n) is 4.59. The first kappa shape index (κ1) is 14.0. The lowest BCUT2D eigenvalue weighted by atomic mass is 10.1. The van der Waals surface area contributed by atoms with E-state index >= 15 is 0 Å². The molecule has 2 unspecified atom stereocenters. The van der Waals surface area contributed by atoms with Crippen molar-refractivity contribution >= 4 is 27.5 Å². The largest absolute Gasteiger partial charge is 0.480 e. The minimum Gasteiger partial charge on any atom is -0.480 e. The Bertz CT molecular complexity index is 534. The van der Waals surface area contributed by atoms with E-state index in [0.29, 0.717) is 6.42 Å². The molecule has 0 aliphatic rings. The average molecular weight is 278 g/mol. The van der Waals surface area contributed by atoms with Crippen LogP contribution in [0.25, 0.3) is 10.2 Å². The van der Waals surface area contributed by atoms with Crippen LogP contribution in [0.2, 0.25) is 0 Å². The molecule has 4 nitrogen and oxygen atoms in total. The first-order chi connectivity index (χ1) is 9.11. The molecule has 2 N–H and O–H groups in total. The summed E-state index contributed by atoms with van der Waals surface area (Å²) in [5.41, 5.74) is 0.971. The molecule has 102 valence electrons. The van der Waals surface area contributed by atoms with Crippen LogP contribution in [-0.4, -0.2) is 22.1 Å². The molecule has 1 aromatic carbocycles. The second kappa shape index (κ2) is 6.12. The molecule has 0 amide bonds. The molecule has 5 heteroatoms. The Morgan fingerprint density at radius 3 is 2.84 bits per heavy atom. The lowest BCUT2D eigenvalue weighted by Crippen LogP contribution is -2.38. The molecule has 0 spiro atoms. The predicted molar refractivity (Wildman–Crippen MR) is 77.5 cm³/mol. The number of benzene rings is 1. The quantitative estimate of drug-likeness (QED) is 0.851. The van der Waals surface area contributed by atoms with Crippen LogP contribution in [0.4, 0.5) is 0 Å². The van der Waals surface area contributed by atoms with Crippen molar-refractivity contribution in [3.63, 3.8) is 0 Å². The lowest BCUT2D eigenvalue weighted by Gasteiger charge is -2.17. The molecule has 1 aromatic heterocycles. The average Bonchev–Trinajstić information content (AvgIpc) is 2.81. The maximum atomic E-state index is 11.1. The Morgan fingerprint density at radius 1 is 1.47 bits per heavy atom. The minimum absolute atomic E-state index is 0.0509. The number of hydrogen-bond donors (Lipinski definition) is 2. The van der Waals surface area contributed by atoms with Crippen molar-refractivity contribution in [2.24, 2.45) is 0 Å². The summed E-state index contributed by atoms with van der Waals surface area (Å²) in [6.45, 7) is 3.95. The first-order valence-electron chi connectivity index (χ1n) is 6.46. The van der Waals surface area contributed by atoms with E-state index in [0.717, 1.165) is 21.6 Å². The lowest BCUT2D eigenvalue weighted by molar-refractivity contribution is -0.139. The van der Waals surface area contributed by atoms with Crippen LogP contribution >= 0.6 is 11.3 Å². The van der Waals surface area contributed by atoms with Gasteiger partial charge in [0, 0.05) is 0 Å². The van der Waals surface area contributed by atoms with E-state index in [1.165, 1.54) is 0 Å². The minimum atomic E-state index is -0.796. The molecule has 0 saturated heterocycles. The summed E-state index contributed by atoms with van der Waals surface area (Å²) < 4.78 is 1.13. The molecule has 1 heterocycles. The van der Waals surface area contributed by atoms with E-state index in [1.807, 2.05) is 38.1 Å². The predicted octanol–water partition coefficient (Wildman–Crippen LogP) is 3.20. The number of thiazole rings is 1. The van der Waals surface area contributed by atoms with Gasteiger partial charge in [-0.3, -0.25) is 10.1 Å². The highest BCUT2D eigenvalue weighted by Gasteiger charge is 2.20. The fourth-order valence-electron chi connectivity index (χ4n) is 2.02. The van der Waals surface area contributed by atoms with E-state index in [1.54, 1.807) is 11.3 Å².